The Kier molecular flexibility index (Phi) is 3.94. The highest BCUT2D eigenvalue weighted by atomic mass is 32.2. The molecule has 0 radical (unpaired) electrons. The molecule has 112 valence electrons. The van der Waals surface area contributed by atoms with Crippen LogP contribution < -0.4 is 4.72 Å². The number of hydrogen-bond acceptors (Lipinski definition) is 5. The quantitative estimate of drug-likeness (QED) is 0.762. The maximum absolute atomic E-state index is 12.2. The normalized spacial score (nSPS) is 11.5. The van der Waals surface area contributed by atoms with E-state index in [1.165, 1.54) is 17.1 Å². The van der Waals surface area contributed by atoms with Gasteiger partial charge in [-0.25, -0.2) is 22.8 Å². The highest BCUT2D eigenvalue weighted by Crippen LogP contribution is 2.10. The Morgan fingerprint density at radius 3 is 2.50 bits per heavy atom. The first kappa shape index (κ1) is 14.4. The van der Waals surface area contributed by atoms with Crippen LogP contribution in [-0.2, 0) is 16.6 Å². The molecule has 0 saturated heterocycles. The van der Waals surface area contributed by atoms with Crippen molar-refractivity contribution in [2.45, 2.75) is 11.4 Å². The second-order valence-corrected chi connectivity index (χ2v) is 6.22. The third-order valence-corrected chi connectivity index (χ3v) is 4.28. The van der Waals surface area contributed by atoms with Crippen molar-refractivity contribution in [3.8, 4) is 5.82 Å². The van der Waals surface area contributed by atoms with Crippen molar-refractivity contribution in [3.63, 3.8) is 0 Å². The number of nitrogens with zero attached hydrogens (tertiary/aromatic N) is 4. The van der Waals surface area contributed by atoms with Crippen molar-refractivity contribution in [1.29, 1.82) is 0 Å². The molecule has 8 heteroatoms. The standard InChI is InChI=1S/C14H13N5O2S/c20-22(21,18-9-12-5-1-3-7-15-12)13-10-17-19(11-13)14-6-2-4-8-16-14/h1-8,10-11,18H,9H2. The van der Waals surface area contributed by atoms with Gasteiger partial charge in [-0.2, -0.15) is 5.10 Å². The SMILES string of the molecule is O=S(=O)(NCc1ccccn1)c1cnn(-c2ccccn2)c1. The highest BCUT2D eigenvalue weighted by Gasteiger charge is 2.17. The molecule has 3 aromatic heterocycles. The lowest BCUT2D eigenvalue weighted by molar-refractivity contribution is 0.580. The summed E-state index contributed by atoms with van der Waals surface area (Å²) in [5, 5.41) is 4.03. The fraction of sp³-hybridized carbons (Fsp3) is 0.0714. The summed E-state index contributed by atoms with van der Waals surface area (Å²) in [5.74, 6) is 0.550. The maximum atomic E-state index is 12.2. The average molecular weight is 315 g/mol. The van der Waals surface area contributed by atoms with E-state index >= 15 is 0 Å². The zero-order chi connectivity index (χ0) is 15.4. The molecule has 0 aliphatic carbocycles. The zero-order valence-corrected chi connectivity index (χ0v) is 12.3. The van der Waals surface area contributed by atoms with E-state index in [1.807, 2.05) is 0 Å². The first-order valence-electron chi connectivity index (χ1n) is 6.51. The van der Waals surface area contributed by atoms with Crippen LogP contribution in [-0.4, -0.2) is 28.2 Å². The summed E-state index contributed by atoms with van der Waals surface area (Å²) in [6.07, 6.45) is 5.94. The minimum Gasteiger partial charge on any atom is -0.260 e. The van der Waals surface area contributed by atoms with Gasteiger partial charge in [-0.05, 0) is 24.3 Å². The first-order valence-corrected chi connectivity index (χ1v) is 7.99. The summed E-state index contributed by atoms with van der Waals surface area (Å²) in [7, 11) is -3.65. The van der Waals surface area contributed by atoms with Crippen LogP contribution in [0.2, 0.25) is 0 Å². The van der Waals surface area contributed by atoms with Gasteiger partial charge in [0.25, 0.3) is 0 Å². The van der Waals surface area contributed by atoms with Gasteiger partial charge in [0.2, 0.25) is 10.0 Å². The third kappa shape index (κ3) is 3.18. The Labute approximate surface area is 127 Å². The van der Waals surface area contributed by atoms with E-state index in [0.29, 0.717) is 11.5 Å². The average Bonchev–Trinajstić information content (AvgIpc) is 3.06. The highest BCUT2D eigenvalue weighted by molar-refractivity contribution is 7.89. The summed E-state index contributed by atoms with van der Waals surface area (Å²) in [5.41, 5.74) is 0.642. The number of pyridine rings is 2. The van der Waals surface area contributed by atoms with E-state index in [9.17, 15) is 8.42 Å². The first-order chi connectivity index (χ1) is 10.6. The van der Waals surface area contributed by atoms with Gasteiger partial charge in [-0.3, -0.25) is 4.98 Å². The predicted octanol–water partition coefficient (Wildman–Crippen LogP) is 1.14. The lowest BCUT2D eigenvalue weighted by atomic mass is 10.4. The largest absolute Gasteiger partial charge is 0.260 e. The topological polar surface area (TPSA) is 89.8 Å². The fourth-order valence-electron chi connectivity index (χ4n) is 1.81. The molecule has 0 amide bonds. The molecule has 0 bridgehead atoms. The smallest absolute Gasteiger partial charge is 0.244 e. The van der Waals surface area contributed by atoms with Crippen molar-refractivity contribution in [2.24, 2.45) is 0 Å². The molecule has 0 aliphatic heterocycles. The summed E-state index contributed by atoms with van der Waals surface area (Å²) in [6, 6.07) is 10.6. The summed E-state index contributed by atoms with van der Waals surface area (Å²) in [6.45, 7) is 0.123. The third-order valence-electron chi connectivity index (χ3n) is 2.92. The van der Waals surface area contributed by atoms with Crippen LogP contribution in [0.4, 0.5) is 0 Å². The van der Waals surface area contributed by atoms with Crippen molar-refractivity contribution in [2.75, 3.05) is 0 Å². The minimum atomic E-state index is -3.65. The van der Waals surface area contributed by atoms with Crippen molar-refractivity contribution < 1.29 is 8.42 Å². The summed E-state index contributed by atoms with van der Waals surface area (Å²) >= 11 is 0. The maximum Gasteiger partial charge on any atom is 0.244 e. The Balaban J connectivity index is 1.77. The molecular weight excluding hydrogens is 302 g/mol. The minimum absolute atomic E-state index is 0.0779. The number of aromatic nitrogens is 4. The molecule has 0 aliphatic rings. The van der Waals surface area contributed by atoms with Gasteiger partial charge < -0.3 is 0 Å². The van der Waals surface area contributed by atoms with Crippen LogP contribution in [0.25, 0.3) is 5.82 Å². The Morgan fingerprint density at radius 2 is 1.82 bits per heavy atom. The van der Waals surface area contributed by atoms with E-state index in [1.54, 1.807) is 48.8 Å². The molecule has 3 heterocycles. The lowest BCUT2D eigenvalue weighted by Crippen LogP contribution is -2.23. The molecule has 0 aromatic carbocycles. The lowest BCUT2D eigenvalue weighted by Gasteiger charge is -2.03. The van der Waals surface area contributed by atoms with Crippen LogP contribution in [0.5, 0.6) is 0 Å². The van der Waals surface area contributed by atoms with Gasteiger partial charge in [-0.1, -0.05) is 12.1 Å². The molecular formula is C14H13N5O2S. The molecule has 0 spiro atoms. The van der Waals surface area contributed by atoms with Crippen molar-refractivity contribution in [3.05, 3.63) is 66.9 Å². The van der Waals surface area contributed by atoms with Crippen LogP contribution in [0.15, 0.2) is 66.1 Å². The van der Waals surface area contributed by atoms with Crippen LogP contribution in [0.1, 0.15) is 5.69 Å². The van der Waals surface area contributed by atoms with Gasteiger partial charge in [0.1, 0.15) is 4.90 Å². The summed E-state index contributed by atoms with van der Waals surface area (Å²) < 4.78 is 28.4. The van der Waals surface area contributed by atoms with Gasteiger partial charge in [0.15, 0.2) is 5.82 Å². The molecule has 1 N–H and O–H groups in total. The van der Waals surface area contributed by atoms with Crippen LogP contribution in [0.3, 0.4) is 0 Å². The molecule has 0 fully saturated rings. The van der Waals surface area contributed by atoms with E-state index in [-0.39, 0.29) is 11.4 Å². The number of hydrogen-bond donors (Lipinski definition) is 1. The fourth-order valence-corrected chi connectivity index (χ4v) is 2.74. The monoisotopic (exact) mass is 315 g/mol. The molecule has 22 heavy (non-hydrogen) atoms. The predicted molar refractivity (Wildman–Crippen MR) is 79.6 cm³/mol. The Bertz CT molecular complexity index is 847. The zero-order valence-electron chi connectivity index (χ0n) is 11.5. The molecule has 0 atom stereocenters. The molecule has 3 rings (SSSR count). The van der Waals surface area contributed by atoms with Gasteiger partial charge in [-0.15, -0.1) is 0 Å². The number of rotatable bonds is 5. The van der Waals surface area contributed by atoms with Crippen molar-refractivity contribution >= 4 is 10.0 Å². The Morgan fingerprint density at radius 1 is 1.05 bits per heavy atom. The van der Waals surface area contributed by atoms with E-state index < -0.39 is 10.0 Å². The van der Waals surface area contributed by atoms with Crippen LogP contribution in [0, 0.1) is 0 Å². The molecule has 0 saturated carbocycles. The Hall–Kier alpha value is -2.58. The summed E-state index contributed by atoms with van der Waals surface area (Å²) in [4.78, 5) is 8.26. The molecule has 3 aromatic rings. The number of nitrogens with one attached hydrogen (secondary N) is 1. The molecule has 0 unspecified atom stereocenters. The number of sulfonamides is 1. The second-order valence-electron chi connectivity index (χ2n) is 4.45. The van der Waals surface area contributed by atoms with Gasteiger partial charge in [0, 0.05) is 12.4 Å². The van der Waals surface area contributed by atoms with E-state index in [2.05, 4.69) is 19.8 Å². The van der Waals surface area contributed by atoms with E-state index in [4.69, 9.17) is 0 Å². The van der Waals surface area contributed by atoms with Crippen molar-refractivity contribution in [1.82, 2.24) is 24.5 Å². The van der Waals surface area contributed by atoms with Crippen LogP contribution >= 0.6 is 0 Å². The van der Waals surface area contributed by atoms with E-state index in [0.717, 1.165) is 0 Å². The van der Waals surface area contributed by atoms with Gasteiger partial charge >= 0.3 is 0 Å². The molecule has 7 nitrogen and oxygen atoms in total. The second kappa shape index (κ2) is 6.04. The van der Waals surface area contributed by atoms with Gasteiger partial charge in [0.05, 0.1) is 24.6 Å².